The van der Waals surface area contributed by atoms with Crippen molar-refractivity contribution < 1.29 is 4.74 Å². The van der Waals surface area contributed by atoms with Gasteiger partial charge < -0.3 is 15.4 Å². The van der Waals surface area contributed by atoms with E-state index in [1.54, 1.807) is 23.1 Å². The van der Waals surface area contributed by atoms with Crippen LogP contribution >= 0.6 is 23.1 Å². The third-order valence-corrected chi connectivity index (χ3v) is 6.50. The number of fused-ring (bicyclic) bond motifs is 1. The van der Waals surface area contributed by atoms with Gasteiger partial charge in [-0.2, -0.15) is 0 Å². The minimum atomic E-state index is 0.638. The Bertz CT molecular complexity index is 1180. The van der Waals surface area contributed by atoms with Crippen molar-refractivity contribution in [1.29, 1.82) is 0 Å². The summed E-state index contributed by atoms with van der Waals surface area (Å²) >= 11 is 3.22. The molecule has 8 heteroatoms. The van der Waals surface area contributed by atoms with Crippen molar-refractivity contribution in [3.8, 4) is 11.5 Å². The van der Waals surface area contributed by atoms with Gasteiger partial charge in [0.1, 0.15) is 5.75 Å². The van der Waals surface area contributed by atoms with E-state index in [0.29, 0.717) is 11.6 Å². The first-order chi connectivity index (χ1) is 14.7. The van der Waals surface area contributed by atoms with Crippen molar-refractivity contribution >= 4 is 34.0 Å². The summed E-state index contributed by atoms with van der Waals surface area (Å²) < 4.78 is 6.17. The number of anilines is 2. The predicted octanol–water partition coefficient (Wildman–Crippen LogP) is 5.53. The first-order valence-electron chi connectivity index (χ1n) is 9.52. The summed E-state index contributed by atoms with van der Waals surface area (Å²) in [5.41, 5.74) is 3.35. The number of para-hydroxylation sites is 1. The molecule has 5 rings (SSSR count). The number of nitrogens with one attached hydrogen (secondary N) is 2. The van der Waals surface area contributed by atoms with Crippen LogP contribution in [-0.4, -0.2) is 15.0 Å². The van der Waals surface area contributed by atoms with Gasteiger partial charge in [-0.15, -0.1) is 11.3 Å². The lowest BCUT2D eigenvalue weighted by atomic mass is 10.2. The number of ether oxygens (including phenoxy) is 1. The number of hydrogen-bond donors (Lipinski definition) is 2. The second-order valence-electron chi connectivity index (χ2n) is 6.79. The first-order valence-corrected chi connectivity index (χ1v) is 11.2. The molecular weight excluding hydrogens is 414 g/mol. The largest absolute Gasteiger partial charge is 0.453 e. The lowest BCUT2D eigenvalue weighted by Crippen LogP contribution is -2.00. The summed E-state index contributed by atoms with van der Waals surface area (Å²) in [5, 5.41) is 9.44. The molecule has 1 aliphatic heterocycles. The predicted molar refractivity (Wildman–Crippen MR) is 120 cm³/mol. The van der Waals surface area contributed by atoms with E-state index in [9.17, 15) is 0 Å². The van der Waals surface area contributed by atoms with Crippen LogP contribution in [0.25, 0.3) is 0 Å². The van der Waals surface area contributed by atoms with E-state index >= 15 is 0 Å². The number of thiazole rings is 1. The summed E-state index contributed by atoms with van der Waals surface area (Å²) in [6.07, 6.45) is 3.73. The van der Waals surface area contributed by atoms with Crippen LogP contribution in [0.15, 0.2) is 70.0 Å². The monoisotopic (exact) mass is 433 g/mol. The Labute approximate surface area is 182 Å². The Kier molecular flexibility index (Phi) is 5.35. The maximum absolute atomic E-state index is 6.17. The lowest BCUT2D eigenvalue weighted by molar-refractivity contribution is 0.481. The van der Waals surface area contributed by atoms with Crippen LogP contribution in [0.1, 0.15) is 17.0 Å². The van der Waals surface area contributed by atoms with Crippen molar-refractivity contribution in [1.82, 2.24) is 20.3 Å². The lowest BCUT2D eigenvalue weighted by Gasteiger charge is -2.13. The SMILES string of the molecule is Cc1csc(Nc2ncc(Sc3ccnc4c3CNC4)cc2Oc2ccccc2)n1. The highest BCUT2D eigenvalue weighted by Crippen LogP contribution is 2.38. The molecule has 1 aromatic carbocycles. The van der Waals surface area contributed by atoms with Gasteiger partial charge in [-0.25, -0.2) is 9.97 Å². The molecule has 3 aromatic heterocycles. The van der Waals surface area contributed by atoms with Crippen LogP contribution in [0.3, 0.4) is 0 Å². The summed E-state index contributed by atoms with van der Waals surface area (Å²) in [7, 11) is 0. The molecule has 0 spiro atoms. The van der Waals surface area contributed by atoms with E-state index in [0.717, 1.165) is 40.3 Å². The molecule has 0 amide bonds. The highest BCUT2D eigenvalue weighted by atomic mass is 32.2. The third-order valence-electron chi connectivity index (χ3n) is 4.57. The van der Waals surface area contributed by atoms with Crippen LogP contribution < -0.4 is 15.4 Å². The maximum Gasteiger partial charge on any atom is 0.188 e. The molecule has 0 unspecified atom stereocenters. The molecule has 0 aliphatic carbocycles. The first kappa shape index (κ1) is 19.0. The van der Waals surface area contributed by atoms with Gasteiger partial charge in [0.25, 0.3) is 0 Å². The van der Waals surface area contributed by atoms with Gasteiger partial charge in [0.15, 0.2) is 16.7 Å². The van der Waals surface area contributed by atoms with Gasteiger partial charge in [0, 0.05) is 52.3 Å². The Morgan fingerprint density at radius 1 is 1.13 bits per heavy atom. The van der Waals surface area contributed by atoms with E-state index in [4.69, 9.17) is 4.74 Å². The number of hydrogen-bond acceptors (Lipinski definition) is 8. The van der Waals surface area contributed by atoms with Crippen molar-refractivity contribution in [3.63, 3.8) is 0 Å². The molecule has 0 saturated heterocycles. The van der Waals surface area contributed by atoms with E-state index in [2.05, 4.69) is 31.7 Å². The summed E-state index contributed by atoms with van der Waals surface area (Å²) in [4.78, 5) is 15.8. The van der Waals surface area contributed by atoms with Crippen LogP contribution in [0, 0.1) is 6.92 Å². The fraction of sp³-hybridized carbons (Fsp3) is 0.136. The number of aromatic nitrogens is 3. The smallest absolute Gasteiger partial charge is 0.188 e. The zero-order valence-corrected chi connectivity index (χ0v) is 17.9. The van der Waals surface area contributed by atoms with Crippen molar-refractivity contribution in [2.75, 3.05) is 5.32 Å². The molecular formula is C22H19N5OS2. The quantitative estimate of drug-likeness (QED) is 0.414. The molecule has 0 bridgehead atoms. The molecule has 0 atom stereocenters. The van der Waals surface area contributed by atoms with Crippen LogP contribution in [0.4, 0.5) is 10.9 Å². The van der Waals surface area contributed by atoms with E-state index < -0.39 is 0 Å². The van der Waals surface area contributed by atoms with E-state index in [1.807, 2.05) is 61.1 Å². The fourth-order valence-electron chi connectivity index (χ4n) is 3.17. The summed E-state index contributed by atoms with van der Waals surface area (Å²) in [5.74, 6) is 2.05. The highest BCUT2D eigenvalue weighted by Gasteiger charge is 2.17. The van der Waals surface area contributed by atoms with Gasteiger partial charge in [0.05, 0.1) is 11.4 Å². The highest BCUT2D eigenvalue weighted by molar-refractivity contribution is 7.99. The van der Waals surface area contributed by atoms with Gasteiger partial charge in [0.2, 0.25) is 0 Å². The van der Waals surface area contributed by atoms with Gasteiger partial charge in [-0.1, -0.05) is 30.0 Å². The number of rotatable bonds is 6. The Morgan fingerprint density at radius 3 is 2.87 bits per heavy atom. The standard InChI is InChI=1S/C22H19N5OS2/c1-14-13-29-22(26-14)27-21-19(28-15-5-3-2-4-6-15)9-16(10-25-21)30-20-7-8-24-18-12-23-11-17(18)20/h2-10,13,23H,11-12H2,1H3,(H,25,26,27). The van der Waals surface area contributed by atoms with E-state index in [-0.39, 0.29) is 0 Å². The summed E-state index contributed by atoms with van der Waals surface area (Å²) in [6, 6.07) is 13.8. The minimum Gasteiger partial charge on any atom is -0.453 e. The van der Waals surface area contributed by atoms with Crippen molar-refractivity contribution in [3.05, 3.63) is 77.2 Å². The molecule has 150 valence electrons. The maximum atomic E-state index is 6.17. The zero-order valence-electron chi connectivity index (χ0n) is 16.3. The fourth-order valence-corrected chi connectivity index (χ4v) is 4.82. The average molecular weight is 434 g/mol. The van der Waals surface area contributed by atoms with Crippen molar-refractivity contribution in [2.24, 2.45) is 0 Å². The number of nitrogens with zero attached hydrogens (tertiary/aromatic N) is 3. The van der Waals surface area contributed by atoms with Crippen molar-refractivity contribution in [2.45, 2.75) is 29.8 Å². The topological polar surface area (TPSA) is 72.0 Å². The molecule has 6 nitrogen and oxygen atoms in total. The molecule has 0 radical (unpaired) electrons. The average Bonchev–Trinajstić information content (AvgIpc) is 3.40. The number of pyridine rings is 2. The normalized spacial score (nSPS) is 12.6. The van der Waals surface area contributed by atoms with Crippen LogP contribution in [0.5, 0.6) is 11.5 Å². The molecule has 0 fully saturated rings. The molecule has 1 aliphatic rings. The molecule has 2 N–H and O–H groups in total. The molecule has 4 heterocycles. The second-order valence-corrected chi connectivity index (χ2v) is 8.77. The van der Waals surface area contributed by atoms with Crippen LogP contribution in [0.2, 0.25) is 0 Å². The number of aryl methyl sites for hydroxylation is 1. The molecule has 0 saturated carbocycles. The summed E-state index contributed by atoms with van der Waals surface area (Å²) in [6.45, 7) is 3.63. The minimum absolute atomic E-state index is 0.638. The third kappa shape index (κ3) is 4.16. The number of benzene rings is 1. The zero-order chi connectivity index (χ0) is 20.3. The van der Waals surface area contributed by atoms with Gasteiger partial charge in [-0.3, -0.25) is 4.98 Å². The van der Waals surface area contributed by atoms with Crippen LogP contribution in [-0.2, 0) is 13.1 Å². The molecule has 4 aromatic rings. The Hall–Kier alpha value is -2.94. The Morgan fingerprint density at radius 2 is 2.03 bits per heavy atom. The second kappa shape index (κ2) is 8.43. The molecule has 30 heavy (non-hydrogen) atoms. The van der Waals surface area contributed by atoms with E-state index in [1.165, 1.54) is 10.5 Å². The van der Waals surface area contributed by atoms with Gasteiger partial charge in [-0.05, 0) is 25.1 Å². The van der Waals surface area contributed by atoms with Gasteiger partial charge >= 0.3 is 0 Å². The Balaban J connectivity index is 1.47.